The van der Waals surface area contributed by atoms with Gasteiger partial charge in [0, 0.05) is 18.1 Å². The van der Waals surface area contributed by atoms with Gasteiger partial charge in [-0.25, -0.2) is 4.41 Å². The summed E-state index contributed by atoms with van der Waals surface area (Å²) in [5, 5.41) is 0. The Morgan fingerprint density at radius 2 is 1.31 bits per heavy atom. The van der Waals surface area contributed by atoms with Gasteiger partial charge in [-0.2, -0.15) is 0 Å². The first-order valence-electron chi connectivity index (χ1n) is 11.4. The SMILES string of the molecule is CCCCCCCCCc1ccc(N2NC=C(c3ccc(CCC)cc3)S2)cc1. The molecule has 0 spiro atoms. The normalized spacial score (nSPS) is 13.4. The number of nitrogens with one attached hydrogen (secondary N) is 1. The zero-order valence-electron chi connectivity index (χ0n) is 18.1. The van der Waals surface area contributed by atoms with Crippen LogP contribution in [0.5, 0.6) is 0 Å². The molecule has 1 heterocycles. The summed E-state index contributed by atoms with van der Waals surface area (Å²) in [4.78, 5) is 1.26. The highest BCUT2D eigenvalue weighted by molar-refractivity contribution is 8.09. The summed E-state index contributed by atoms with van der Waals surface area (Å²) in [6.07, 6.45) is 15.2. The van der Waals surface area contributed by atoms with Crippen molar-refractivity contribution in [3.05, 3.63) is 71.4 Å². The highest BCUT2D eigenvalue weighted by Gasteiger charge is 2.17. The van der Waals surface area contributed by atoms with E-state index < -0.39 is 0 Å². The molecule has 2 aromatic carbocycles. The number of anilines is 1. The quantitative estimate of drug-likeness (QED) is 0.284. The van der Waals surface area contributed by atoms with Crippen molar-refractivity contribution in [2.75, 3.05) is 4.41 Å². The van der Waals surface area contributed by atoms with E-state index in [-0.39, 0.29) is 0 Å². The van der Waals surface area contributed by atoms with E-state index in [1.54, 1.807) is 11.9 Å². The number of hydrogen-bond acceptors (Lipinski definition) is 3. The Balaban J connectivity index is 1.43. The lowest BCUT2D eigenvalue weighted by molar-refractivity contribution is 0.589. The average molecular weight is 409 g/mol. The van der Waals surface area contributed by atoms with E-state index in [1.165, 1.54) is 85.1 Å². The molecule has 0 bridgehead atoms. The molecule has 3 rings (SSSR count). The number of nitrogens with zero attached hydrogens (tertiary/aromatic N) is 1. The third kappa shape index (κ3) is 6.85. The maximum Gasteiger partial charge on any atom is 0.0704 e. The summed E-state index contributed by atoms with van der Waals surface area (Å²) in [6, 6.07) is 18.0. The summed E-state index contributed by atoms with van der Waals surface area (Å²) in [5.74, 6) is 0. The summed E-state index contributed by atoms with van der Waals surface area (Å²) >= 11 is 1.76. The van der Waals surface area contributed by atoms with Gasteiger partial charge in [0.25, 0.3) is 0 Å². The van der Waals surface area contributed by atoms with Gasteiger partial charge in [-0.15, -0.1) is 0 Å². The maximum atomic E-state index is 3.39. The third-order valence-electron chi connectivity index (χ3n) is 5.52. The van der Waals surface area contributed by atoms with Crippen molar-refractivity contribution >= 4 is 22.5 Å². The van der Waals surface area contributed by atoms with Crippen molar-refractivity contribution in [3.8, 4) is 0 Å². The minimum atomic E-state index is 1.15. The zero-order chi connectivity index (χ0) is 20.3. The summed E-state index contributed by atoms with van der Waals surface area (Å²) in [7, 11) is 0. The highest BCUT2D eigenvalue weighted by atomic mass is 32.2. The van der Waals surface area contributed by atoms with Crippen molar-refractivity contribution < 1.29 is 0 Å². The van der Waals surface area contributed by atoms with Gasteiger partial charge in [0.05, 0.1) is 10.6 Å². The van der Waals surface area contributed by atoms with Crippen molar-refractivity contribution in [1.82, 2.24) is 5.43 Å². The van der Waals surface area contributed by atoms with E-state index in [4.69, 9.17) is 0 Å². The van der Waals surface area contributed by atoms with E-state index in [1.807, 2.05) is 0 Å². The first-order chi connectivity index (χ1) is 14.3. The number of aryl methyl sites for hydroxylation is 2. The Morgan fingerprint density at radius 1 is 0.690 bits per heavy atom. The second kappa shape index (κ2) is 12.0. The fourth-order valence-electron chi connectivity index (χ4n) is 3.74. The molecule has 2 aromatic rings. The van der Waals surface area contributed by atoms with Gasteiger partial charge in [-0.05, 0) is 48.1 Å². The molecule has 0 aromatic heterocycles. The van der Waals surface area contributed by atoms with Crippen LogP contribution in [0.4, 0.5) is 5.69 Å². The monoisotopic (exact) mass is 408 g/mol. The second-order valence-electron chi connectivity index (χ2n) is 8.01. The fraction of sp³-hybridized carbons (Fsp3) is 0.462. The minimum Gasteiger partial charge on any atom is -0.294 e. The van der Waals surface area contributed by atoms with Gasteiger partial charge in [0.1, 0.15) is 0 Å². The number of hydrogen-bond donors (Lipinski definition) is 1. The van der Waals surface area contributed by atoms with Crippen LogP contribution >= 0.6 is 11.9 Å². The lowest BCUT2D eigenvalue weighted by Gasteiger charge is -2.17. The third-order valence-corrected chi connectivity index (χ3v) is 6.57. The topological polar surface area (TPSA) is 15.3 Å². The fourth-order valence-corrected chi connectivity index (χ4v) is 4.62. The van der Waals surface area contributed by atoms with Crippen LogP contribution in [0.15, 0.2) is 54.7 Å². The lowest BCUT2D eigenvalue weighted by Crippen LogP contribution is -2.22. The molecular weight excluding hydrogens is 372 g/mol. The summed E-state index contributed by atoms with van der Waals surface area (Å²) in [6.45, 7) is 4.51. The van der Waals surface area contributed by atoms with Crippen molar-refractivity contribution in [2.24, 2.45) is 0 Å². The van der Waals surface area contributed by atoms with Crippen molar-refractivity contribution in [3.63, 3.8) is 0 Å². The molecule has 3 heteroatoms. The van der Waals surface area contributed by atoms with Gasteiger partial charge < -0.3 is 0 Å². The second-order valence-corrected chi connectivity index (χ2v) is 9.00. The zero-order valence-corrected chi connectivity index (χ0v) is 18.9. The Hall–Kier alpha value is -1.87. The molecule has 0 fully saturated rings. The van der Waals surface area contributed by atoms with Crippen molar-refractivity contribution in [1.29, 1.82) is 0 Å². The van der Waals surface area contributed by atoms with Gasteiger partial charge >= 0.3 is 0 Å². The van der Waals surface area contributed by atoms with Gasteiger partial charge in [0.15, 0.2) is 0 Å². The maximum absolute atomic E-state index is 3.39. The highest BCUT2D eigenvalue weighted by Crippen LogP contribution is 2.36. The number of rotatable bonds is 12. The first-order valence-corrected chi connectivity index (χ1v) is 12.2. The minimum absolute atomic E-state index is 1.15. The number of benzene rings is 2. The van der Waals surface area contributed by atoms with Gasteiger partial charge in [-0.3, -0.25) is 5.43 Å². The molecule has 156 valence electrons. The smallest absolute Gasteiger partial charge is 0.0704 e. The molecule has 0 radical (unpaired) electrons. The van der Waals surface area contributed by atoms with Gasteiger partial charge in [0.2, 0.25) is 0 Å². The Bertz CT molecular complexity index is 749. The molecule has 0 unspecified atom stereocenters. The Kier molecular flexibility index (Phi) is 9.01. The first kappa shape index (κ1) is 21.8. The predicted octanol–water partition coefficient (Wildman–Crippen LogP) is 7.90. The number of hydrazine groups is 1. The largest absolute Gasteiger partial charge is 0.294 e. The van der Waals surface area contributed by atoms with Crippen LogP contribution in [0.3, 0.4) is 0 Å². The number of unbranched alkanes of at least 4 members (excludes halogenated alkanes) is 6. The van der Waals surface area contributed by atoms with E-state index in [9.17, 15) is 0 Å². The van der Waals surface area contributed by atoms with Crippen LogP contribution in [-0.2, 0) is 12.8 Å². The molecule has 0 saturated carbocycles. The Morgan fingerprint density at radius 3 is 2.00 bits per heavy atom. The molecule has 29 heavy (non-hydrogen) atoms. The summed E-state index contributed by atoms with van der Waals surface area (Å²) in [5.41, 5.74) is 8.74. The molecule has 1 aliphatic heterocycles. The van der Waals surface area contributed by atoms with Crippen LogP contribution in [0.1, 0.15) is 81.9 Å². The average Bonchev–Trinajstić information content (AvgIpc) is 3.25. The van der Waals surface area contributed by atoms with Crippen LogP contribution < -0.4 is 9.84 Å². The van der Waals surface area contributed by atoms with E-state index in [2.05, 4.69) is 78.4 Å². The van der Waals surface area contributed by atoms with Crippen LogP contribution in [0, 0.1) is 0 Å². The van der Waals surface area contributed by atoms with Gasteiger partial charge in [-0.1, -0.05) is 95.2 Å². The molecule has 0 aliphatic carbocycles. The molecule has 0 saturated heterocycles. The van der Waals surface area contributed by atoms with Crippen LogP contribution in [-0.4, -0.2) is 0 Å². The molecule has 0 atom stereocenters. The molecule has 1 N–H and O–H groups in total. The molecule has 0 amide bonds. The summed E-state index contributed by atoms with van der Waals surface area (Å²) < 4.78 is 2.15. The van der Waals surface area contributed by atoms with E-state index >= 15 is 0 Å². The van der Waals surface area contributed by atoms with Crippen molar-refractivity contribution in [2.45, 2.75) is 78.1 Å². The molecular formula is C26H36N2S. The van der Waals surface area contributed by atoms with E-state index in [0.29, 0.717) is 0 Å². The lowest BCUT2D eigenvalue weighted by atomic mass is 10.0. The molecule has 2 nitrogen and oxygen atoms in total. The van der Waals surface area contributed by atoms with Crippen LogP contribution in [0.2, 0.25) is 0 Å². The predicted molar refractivity (Wildman–Crippen MR) is 130 cm³/mol. The Labute approximate surface area is 181 Å². The van der Waals surface area contributed by atoms with E-state index in [0.717, 1.165) is 6.42 Å². The molecule has 1 aliphatic rings. The van der Waals surface area contributed by atoms with Crippen LogP contribution in [0.25, 0.3) is 4.91 Å². The standard InChI is InChI=1S/C26H36N2S/c1-3-5-6-7-8-9-10-12-23-15-19-25(20-16-23)28-27-21-26(29-28)24-17-13-22(11-4-2)14-18-24/h13-21,27H,3-12H2,1-2H3.